The molecule has 2 aromatic carbocycles. The fourth-order valence-corrected chi connectivity index (χ4v) is 4.05. The van der Waals surface area contributed by atoms with Crippen LogP contribution in [0.15, 0.2) is 47.6 Å². The minimum atomic E-state index is -0.550. The second kappa shape index (κ2) is 10.6. The van der Waals surface area contributed by atoms with Gasteiger partial charge in [-0.1, -0.05) is 41.1 Å². The molecule has 0 spiro atoms. The van der Waals surface area contributed by atoms with E-state index in [1.165, 1.54) is 30.0 Å². The summed E-state index contributed by atoms with van der Waals surface area (Å²) in [6.07, 6.45) is 0. The van der Waals surface area contributed by atoms with Gasteiger partial charge in [0.25, 0.3) is 5.91 Å². The third kappa shape index (κ3) is 5.86. The number of halogens is 2. The molecule has 168 valence electrons. The first-order chi connectivity index (χ1) is 15.3. The van der Waals surface area contributed by atoms with E-state index in [0.29, 0.717) is 28.8 Å². The molecule has 0 aliphatic rings. The molecule has 1 heterocycles. The molecule has 0 unspecified atom stereocenters. The Kier molecular flexibility index (Phi) is 7.87. The van der Waals surface area contributed by atoms with Crippen LogP contribution in [0.1, 0.15) is 41.6 Å². The third-order valence-electron chi connectivity index (χ3n) is 4.61. The number of nitrogens with zero attached hydrogens (tertiary/aromatic N) is 3. The van der Waals surface area contributed by atoms with E-state index in [1.54, 1.807) is 6.07 Å². The van der Waals surface area contributed by atoms with Crippen molar-refractivity contribution in [2.24, 2.45) is 0 Å². The van der Waals surface area contributed by atoms with Gasteiger partial charge in [-0.3, -0.25) is 9.59 Å². The Bertz CT molecular complexity index is 1140. The fourth-order valence-electron chi connectivity index (χ4n) is 3.06. The zero-order chi connectivity index (χ0) is 23.3. The van der Waals surface area contributed by atoms with Crippen molar-refractivity contribution in [3.05, 3.63) is 70.3 Å². The topological polar surface area (TPSA) is 88.9 Å². The zero-order valence-corrected chi connectivity index (χ0v) is 19.4. The number of anilines is 1. The van der Waals surface area contributed by atoms with Crippen LogP contribution >= 0.6 is 23.4 Å². The van der Waals surface area contributed by atoms with E-state index in [0.717, 1.165) is 5.56 Å². The number of hydrogen-bond acceptors (Lipinski definition) is 5. The van der Waals surface area contributed by atoms with Crippen LogP contribution in [0, 0.1) is 12.7 Å². The second-order valence-corrected chi connectivity index (χ2v) is 8.47. The molecule has 1 atom stereocenters. The Morgan fingerprint density at radius 1 is 1.22 bits per heavy atom. The van der Waals surface area contributed by atoms with Crippen molar-refractivity contribution in [2.75, 3.05) is 11.1 Å². The Morgan fingerprint density at radius 2 is 2.00 bits per heavy atom. The lowest BCUT2D eigenvalue weighted by molar-refractivity contribution is -0.113. The Labute approximate surface area is 194 Å². The molecule has 0 saturated carbocycles. The maximum absolute atomic E-state index is 13.3. The van der Waals surface area contributed by atoms with Crippen molar-refractivity contribution < 1.29 is 14.0 Å². The number of carbonyl (C=O) groups is 2. The largest absolute Gasteiger partial charge is 0.342 e. The van der Waals surface area contributed by atoms with Crippen LogP contribution in [0.3, 0.4) is 0 Å². The predicted octanol–water partition coefficient (Wildman–Crippen LogP) is 4.62. The molecule has 32 heavy (non-hydrogen) atoms. The van der Waals surface area contributed by atoms with E-state index in [2.05, 4.69) is 20.8 Å². The Hall–Kier alpha value is -2.91. The maximum Gasteiger partial charge on any atom is 0.251 e. The molecule has 2 N–H and O–H groups in total. The summed E-state index contributed by atoms with van der Waals surface area (Å²) in [6.45, 7) is 6.28. The number of nitrogens with one attached hydrogen (secondary N) is 2. The van der Waals surface area contributed by atoms with E-state index < -0.39 is 5.82 Å². The van der Waals surface area contributed by atoms with Crippen molar-refractivity contribution in [1.29, 1.82) is 0 Å². The molecule has 3 aromatic rings. The molecule has 0 radical (unpaired) electrons. The molecule has 3 rings (SSSR count). The van der Waals surface area contributed by atoms with Gasteiger partial charge in [-0.05, 0) is 51.1 Å². The van der Waals surface area contributed by atoms with Crippen molar-refractivity contribution in [2.45, 2.75) is 38.5 Å². The van der Waals surface area contributed by atoms with Crippen LogP contribution in [-0.2, 0) is 11.3 Å². The molecular formula is C22H23ClFN5O2S. The number of hydrogen-bond donors (Lipinski definition) is 2. The summed E-state index contributed by atoms with van der Waals surface area (Å²) in [7, 11) is 0. The third-order valence-corrected chi connectivity index (χ3v) is 5.87. The van der Waals surface area contributed by atoms with Crippen LogP contribution in [0.2, 0.25) is 5.02 Å². The van der Waals surface area contributed by atoms with Crippen LogP contribution in [0.25, 0.3) is 0 Å². The molecule has 2 amide bonds. The van der Waals surface area contributed by atoms with E-state index in [1.807, 2.05) is 43.5 Å². The number of carbonyl (C=O) groups excluding carboxylic acids is 2. The molecule has 0 bridgehead atoms. The number of aromatic nitrogens is 3. The summed E-state index contributed by atoms with van der Waals surface area (Å²) in [5.41, 5.74) is 1.99. The van der Waals surface area contributed by atoms with Crippen LogP contribution in [0.5, 0.6) is 0 Å². The van der Waals surface area contributed by atoms with Gasteiger partial charge in [-0.25, -0.2) is 4.39 Å². The number of benzene rings is 2. The molecule has 0 fully saturated rings. The quantitative estimate of drug-likeness (QED) is 0.464. The van der Waals surface area contributed by atoms with Gasteiger partial charge in [0.1, 0.15) is 5.82 Å². The number of rotatable bonds is 8. The van der Waals surface area contributed by atoms with Crippen LogP contribution < -0.4 is 10.6 Å². The van der Waals surface area contributed by atoms with E-state index in [9.17, 15) is 14.0 Å². The van der Waals surface area contributed by atoms with Gasteiger partial charge in [-0.2, -0.15) is 0 Å². The van der Waals surface area contributed by atoms with Gasteiger partial charge in [0.05, 0.1) is 16.8 Å². The number of thioether (sulfide) groups is 1. The number of amides is 2. The van der Waals surface area contributed by atoms with Gasteiger partial charge < -0.3 is 15.2 Å². The standard InChI is InChI=1S/C22H23ClFN5O2S/c1-4-29-20(14(3)25-21(31)15-7-5-6-13(2)10-15)27-28-22(29)32-12-19(30)26-16-8-9-18(24)17(23)11-16/h5-11,14H,4,12H2,1-3H3,(H,25,31)(H,26,30)/t14-/m1/s1. The van der Waals surface area contributed by atoms with Gasteiger partial charge in [0.2, 0.25) is 5.91 Å². The first kappa shape index (κ1) is 23.7. The first-order valence-electron chi connectivity index (χ1n) is 9.96. The highest BCUT2D eigenvalue weighted by atomic mass is 35.5. The zero-order valence-electron chi connectivity index (χ0n) is 17.9. The monoisotopic (exact) mass is 475 g/mol. The predicted molar refractivity (Wildman–Crippen MR) is 124 cm³/mol. The average molecular weight is 476 g/mol. The Balaban J connectivity index is 1.62. The fraction of sp³-hybridized carbons (Fsp3) is 0.273. The van der Waals surface area contributed by atoms with E-state index in [4.69, 9.17) is 11.6 Å². The average Bonchev–Trinajstić information content (AvgIpc) is 3.18. The van der Waals surface area contributed by atoms with Gasteiger partial charge in [-0.15, -0.1) is 10.2 Å². The lowest BCUT2D eigenvalue weighted by Crippen LogP contribution is -2.28. The maximum atomic E-state index is 13.3. The van der Waals surface area contributed by atoms with Crippen molar-refractivity contribution in [3.63, 3.8) is 0 Å². The summed E-state index contributed by atoms with van der Waals surface area (Å²) in [5, 5.41) is 14.5. The molecule has 0 aliphatic heterocycles. The van der Waals surface area contributed by atoms with Gasteiger partial charge in [0, 0.05) is 17.8 Å². The summed E-state index contributed by atoms with van der Waals surface area (Å²) in [6, 6.07) is 11.0. The van der Waals surface area contributed by atoms with Gasteiger partial charge in [0.15, 0.2) is 11.0 Å². The first-order valence-corrected chi connectivity index (χ1v) is 11.3. The van der Waals surface area contributed by atoms with Gasteiger partial charge >= 0.3 is 0 Å². The highest BCUT2D eigenvalue weighted by Gasteiger charge is 2.20. The molecule has 1 aromatic heterocycles. The highest BCUT2D eigenvalue weighted by molar-refractivity contribution is 7.99. The van der Waals surface area contributed by atoms with E-state index >= 15 is 0 Å². The smallest absolute Gasteiger partial charge is 0.251 e. The van der Waals surface area contributed by atoms with Crippen molar-refractivity contribution in [3.8, 4) is 0 Å². The number of aryl methyl sites for hydroxylation is 1. The normalized spacial score (nSPS) is 11.8. The van der Waals surface area contributed by atoms with Crippen LogP contribution in [0.4, 0.5) is 10.1 Å². The molecule has 10 heteroatoms. The van der Waals surface area contributed by atoms with Crippen molar-refractivity contribution >= 4 is 40.9 Å². The summed E-state index contributed by atoms with van der Waals surface area (Å²) in [4.78, 5) is 24.8. The SMILES string of the molecule is CCn1c(SCC(=O)Nc2ccc(F)c(Cl)c2)nnc1[C@@H](C)NC(=O)c1cccc(C)c1. The van der Waals surface area contributed by atoms with Crippen molar-refractivity contribution in [1.82, 2.24) is 20.1 Å². The van der Waals surface area contributed by atoms with Crippen LogP contribution in [-0.4, -0.2) is 32.3 Å². The lowest BCUT2D eigenvalue weighted by Gasteiger charge is -2.15. The molecule has 0 saturated heterocycles. The summed E-state index contributed by atoms with van der Waals surface area (Å²) >= 11 is 6.96. The second-order valence-electron chi connectivity index (χ2n) is 7.12. The minimum Gasteiger partial charge on any atom is -0.342 e. The van der Waals surface area contributed by atoms with E-state index in [-0.39, 0.29) is 28.6 Å². The molecule has 0 aliphatic carbocycles. The minimum absolute atomic E-state index is 0.0625. The molecular weight excluding hydrogens is 453 g/mol. The highest BCUT2D eigenvalue weighted by Crippen LogP contribution is 2.23. The Morgan fingerprint density at radius 3 is 2.69 bits per heavy atom. The lowest BCUT2D eigenvalue weighted by atomic mass is 10.1. The molecule has 7 nitrogen and oxygen atoms in total. The summed E-state index contributed by atoms with van der Waals surface area (Å²) in [5.74, 6) is -0.353. The summed E-state index contributed by atoms with van der Waals surface area (Å²) < 4.78 is 15.1.